The lowest BCUT2D eigenvalue weighted by atomic mass is 10.1. The SMILES string of the molecule is Brc1ccc2c(ccn2-c2cccnc2)c1.O=C(O)c1ccc(-c2ncccc2-n2ccc3ccccc32)cc1. The largest absolute Gasteiger partial charge is 0.478 e. The molecule has 0 atom stereocenters. The fraction of sp³-hybridized carbons (Fsp3) is 0. The number of halogens is 1. The van der Waals surface area contributed by atoms with Crippen LogP contribution in [0.25, 0.3) is 44.4 Å². The molecule has 40 heavy (non-hydrogen) atoms. The van der Waals surface area contributed by atoms with Crippen LogP contribution in [0.3, 0.4) is 0 Å². The number of carboxylic acids is 1. The molecule has 0 fully saturated rings. The highest BCUT2D eigenvalue weighted by molar-refractivity contribution is 9.10. The summed E-state index contributed by atoms with van der Waals surface area (Å²) in [6.45, 7) is 0. The Labute approximate surface area is 238 Å². The van der Waals surface area contributed by atoms with Gasteiger partial charge in [0.2, 0.25) is 0 Å². The summed E-state index contributed by atoms with van der Waals surface area (Å²) in [4.78, 5) is 19.7. The lowest BCUT2D eigenvalue weighted by Crippen LogP contribution is -1.99. The van der Waals surface area contributed by atoms with Gasteiger partial charge in [-0.15, -0.1) is 0 Å². The third-order valence-corrected chi connectivity index (χ3v) is 7.12. The normalized spacial score (nSPS) is 10.8. The van der Waals surface area contributed by atoms with Crippen molar-refractivity contribution < 1.29 is 9.90 Å². The molecule has 4 heterocycles. The number of hydrogen-bond acceptors (Lipinski definition) is 3. The maximum atomic E-state index is 11.0. The Balaban J connectivity index is 0.000000157. The van der Waals surface area contributed by atoms with E-state index in [2.05, 4.69) is 89.8 Å². The number of hydrogen-bond donors (Lipinski definition) is 1. The van der Waals surface area contributed by atoms with Crippen molar-refractivity contribution in [3.05, 3.63) is 144 Å². The zero-order valence-electron chi connectivity index (χ0n) is 21.2. The molecule has 0 aliphatic heterocycles. The maximum Gasteiger partial charge on any atom is 0.335 e. The van der Waals surface area contributed by atoms with Gasteiger partial charge in [-0.05, 0) is 78.2 Å². The molecule has 194 valence electrons. The van der Waals surface area contributed by atoms with Crippen LogP contribution in [0.5, 0.6) is 0 Å². The molecule has 7 aromatic rings. The van der Waals surface area contributed by atoms with Crippen molar-refractivity contribution >= 4 is 43.7 Å². The summed E-state index contributed by atoms with van der Waals surface area (Å²) in [5.41, 5.74) is 6.30. The quantitative estimate of drug-likeness (QED) is 0.226. The molecule has 0 saturated heterocycles. The maximum absolute atomic E-state index is 11.0. The third-order valence-electron chi connectivity index (χ3n) is 6.63. The first-order chi connectivity index (χ1) is 19.6. The minimum Gasteiger partial charge on any atom is -0.478 e. The van der Waals surface area contributed by atoms with Crippen molar-refractivity contribution in [2.24, 2.45) is 0 Å². The van der Waals surface area contributed by atoms with Crippen molar-refractivity contribution in [3.8, 4) is 22.6 Å². The third kappa shape index (κ3) is 5.02. The number of carbonyl (C=O) groups is 1. The Hall–Kier alpha value is -5.01. The average molecular weight is 587 g/mol. The first-order valence-corrected chi connectivity index (χ1v) is 13.4. The van der Waals surface area contributed by atoms with E-state index < -0.39 is 5.97 Å². The molecule has 0 amide bonds. The Bertz CT molecular complexity index is 1940. The van der Waals surface area contributed by atoms with Gasteiger partial charge in [-0.1, -0.05) is 46.3 Å². The Morgan fingerprint density at radius 1 is 0.725 bits per heavy atom. The standard InChI is InChI=1S/C20H14N2O2.C13H9BrN2/c23-20(24)16-9-7-15(8-10-16)19-18(6-3-12-21-19)22-13-11-14-4-1-2-5-17(14)22;14-11-3-4-13-10(8-11)5-7-16(13)12-2-1-6-15-9-12/h1-13H,(H,23,24);1-9H. The van der Waals surface area contributed by atoms with Gasteiger partial charge in [0.15, 0.2) is 0 Å². The van der Waals surface area contributed by atoms with Gasteiger partial charge in [0.25, 0.3) is 0 Å². The van der Waals surface area contributed by atoms with E-state index in [0.717, 1.165) is 38.0 Å². The summed E-state index contributed by atoms with van der Waals surface area (Å²) in [6, 6.07) is 33.3. The topological polar surface area (TPSA) is 72.9 Å². The predicted molar refractivity (Wildman–Crippen MR) is 162 cm³/mol. The molecular formula is C33H23BrN4O2. The molecule has 0 aliphatic carbocycles. The second-order valence-corrected chi connectivity index (χ2v) is 10.0. The van der Waals surface area contributed by atoms with Crippen LogP contribution in [0.4, 0.5) is 0 Å². The van der Waals surface area contributed by atoms with E-state index >= 15 is 0 Å². The fourth-order valence-corrected chi connectivity index (χ4v) is 5.09. The minimum atomic E-state index is -0.931. The van der Waals surface area contributed by atoms with Gasteiger partial charge in [-0.25, -0.2) is 4.79 Å². The second-order valence-electron chi connectivity index (χ2n) is 9.10. The number of aromatic nitrogens is 4. The van der Waals surface area contributed by atoms with Crippen LogP contribution in [0, 0.1) is 0 Å². The molecule has 3 aromatic carbocycles. The summed E-state index contributed by atoms with van der Waals surface area (Å²) in [5.74, 6) is -0.931. The van der Waals surface area contributed by atoms with Crippen molar-refractivity contribution in [3.63, 3.8) is 0 Å². The summed E-state index contributed by atoms with van der Waals surface area (Å²) in [5, 5.41) is 11.4. The van der Waals surface area contributed by atoms with E-state index in [1.165, 1.54) is 10.9 Å². The molecule has 0 bridgehead atoms. The van der Waals surface area contributed by atoms with E-state index in [9.17, 15) is 4.79 Å². The van der Waals surface area contributed by atoms with Crippen LogP contribution in [0.2, 0.25) is 0 Å². The van der Waals surface area contributed by atoms with Crippen molar-refractivity contribution in [1.29, 1.82) is 0 Å². The molecule has 6 nitrogen and oxygen atoms in total. The number of nitrogens with zero attached hydrogens (tertiary/aromatic N) is 4. The number of aromatic carboxylic acids is 1. The fourth-order valence-electron chi connectivity index (χ4n) is 4.71. The highest BCUT2D eigenvalue weighted by Gasteiger charge is 2.11. The number of fused-ring (bicyclic) bond motifs is 2. The minimum absolute atomic E-state index is 0.266. The first-order valence-electron chi connectivity index (χ1n) is 12.6. The van der Waals surface area contributed by atoms with Crippen LogP contribution in [-0.4, -0.2) is 30.2 Å². The van der Waals surface area contributed by atoms with Gasteiger partial charge < -0.3 is 14.2 Å². The Morgan fingerprint density at radius 3 is 2.27 bits per heavy atom. The lowest BCUT2D eigenvalue weighted by molar-refractivity contribution is 0.0697. The molecule has 0 aliphatic rings. The lowest BCUT2D eigenvalue weighted by Gasteiger charge is -2.11. The van der Waals surface area contributed by atoms with Crippen LogP contribution in [-0.2, 0) is 0 Å². The Morgan fingerprint density at radius 2 is 1.48 bits per heavy atom. The van der Waals surface area contributed by atoms with Gasteiger partial charge in [-0.3, -0.25) is 9.97 Å². The predicted octanol–water partition coefficient (Wildman–Crippen LogP) is 8.18. The summed E-state index contributed by atoms with van der Waals surface area (Å²) < 4.78 is 5.33. The highest BCUT2D eigenvalue weighted by atomic mass is 79.9. The highest BCUT2D eigenvalue weighted by Crippen LogP contribution is 2.28. The summed E-state index contributed by atoms with van der Waals surface area (Å²) in [7, 11) is 0. The number of rotatable bonds is 4. The summed E-state index contributed by atoms with van der Waals surface area (Å²) >= 11 is 3.48. The molecule has 0 radical (unpaired) electrons. The van der Waals surface area contributed by atoms with E-state index in [1.54, 1.807) is 36.7 Å². The molecule has 7 rings (SSSR count). The molecule has 0 saturated carbocycles. The summed E-state index contributed by atoms with van der Waals surface area (Å²) in [6.07, 6.45) is 9.48. The molecule has 7 heteroatoms. The van der Waals surface area contributed by atoms with Crippen LogP contribution in [0.1, 0.15) is 10.4 Å². The van der Waals surface area contributed by atoms with Crippen molar-refractivity contribution in [2.45, 2.75) is 0 Å². The molecule has 0 spiro atoms. The number of carboxylic acid groups (broad SMARTS) is 1. The number of pyridine rings is 2. The van der Waals surface area contributed by atoms with Crippen LogP contribution in [0.15, 0.2) is 139 Å². The van der Waals surface area contributed by atoms with Gasteiger partial charge in [0, 0.05) is 40.2 Å². The number of benzene rings is 3. The van der Waals surface area contributed by atoms with E-state index in [0.29, 0.717) is 0 Å². The molecule has 4 aromatic heterocycles. The Kier molecular flexibility index (Phi) is 6.95. The van der Waals surface area contributed by atoms with E-state index in [-0.39, 0.29) is 5.56 Å². The monoisotopic (exact) mass is 586 g/mol. The smallest absolute Gasteiger partial charge is 0.335 e. The van der Waals surface area contributed by atoms with Crippen LogP contribution >= 0.6 is 15.9 Å². The van der Waals surface area contributed by atoms with Gasteiger partial charge >= 0.3 is 5.97 Å². The van der Waals surface area contributed by atoms with Crippen LogP contribution < -0.4 is 0 Å². The van der Waals surface area contributed by atoms with E-state index in [1.807, 2.05) is 42.7 Å². The zero-order valence-corrected chi connectivity index (χ0v) is 22.8. The average Bonchev–Trinajstić information content (AvgIpc) is 3.62. The number of para-hydroxylation sites is 1. The van der Waals surface area contributed by atoms with Crippen molar-refractivity contribution in [1.82, 2.24) is 19.1 Å². The van der Waals surface area contributed by atoms with Crippen molar-refractivity contribution in [2.75, 3.05) is 0 Å². The molecule has 0 unspecified atom stereocenters. The zero-order chi connectivity index (χ0) is 27.5. The van der Waals surface area contributed by atoms with E-state index in [4.69, 9.17) is 5.11 Å². The molecular weight excluding hydrogens is 564 g/mol. The van der Waals surface area contributed by atoms with Gasteiger partial charge in [0.1, 0.15) is 0 Å². The first kappa shape index (κ1) is 25.3. The second kappa shape index (κ2) is 11.0. The molecule has 1 N–H and O–H groups in total. The van der Waals surface area contributed by atoms with Gasteiger partial charge in [0.05, 0.1) is 39.9 Å². The van der Waals surface area contributed by atoms with Gasteiger partial charge in [-0.2, -0.15) is 0 Å².